The van der Waals surface area contributed by atoms with Gasteiger partial charge < -0.3 is 4.74 Å². The highest BCUT2D eigenvalue weighted by Gasteiger charge is 2.41. The van der Waals surface area contributed by atoms with Gasteiger partial charge in [0, 0.05) is 17.7 Å². The molecule has 4 rings (SSSR count). The Morgan fingerprint density at radius 1 is 0.556 bits per heavy atom. The van der Waals surface area contributed by atoms with E-state index in [0.717, 1.165) is 6.07 Å². The molecule has 4 aromatic rings. The number of halogens is 8. The summed E-state index contributed by atoms with van der Waals surface area (Å²) >= 11 is 0. The molecule has 0 aromatic heterocycles. The maximum absolute atomic E-state index is 14.7. The molecular weight excluding hydrogens is 492 g/mol. The van der Waals surface area contributed by atoms with Gasteiger partial charge in [-0.25, -0.2) is 26.3 Å². The molecule has 0 spiro atoms. The van der Waals surface area contributed by atoms with Crippen molar-refractivity contribution >= 4 is 0 Å². The van der Waals surface area contributed by atoms with Gasteiger partial charge in [0.1, 0.15) is 28.8 Å². The highest BCUT2D eigenvalue weighted by Crippen LogP contribution is 2.38. The summed E-state index contributed by atoms with van der Waals surface area (Å²) in [5.41, 5.74) is -1.33. The molecule has 0 atom stereocenters. The van der Waals surface area contributed by atoms with Crippen LogP contribution < -0.4 is 4.74 Å². The fraction of sp³-hybridized carbons (Fsp3) is 0.111. The molecule has 188 valence electrons. The van der Waals surface area contributed by atoms with E-state index in [4.69, 9.17) is 0 Å². The van der Waals surface area contributed by atoms with Crippen molar-refractivity contribution in [3.63, 3.8) is 0 Å². The fourth-order valence-electron chi connectivity index (χ4n) is 3.36. The first-order valence-electron chi connectivity index (χ1n) is 10.6. The van der Waals surface area contributed by atoms with E-state index in [0.29, 0.717) is 23.3 Å². The summed E-state index contributed by atoms with van der Waals surface area (Å²) in [4.78, 5) is 0. The number of hydrogen-bond donors (Lipinski definition) is 0. The minimum absolute atomic E-state index is 0.0974. The van der Waals surface area contributed by atoms with Crippen LogP contribution in [0.3, 0.4) is 0 Å². The summed E-state index contributed by atoms with van der Waals surface area (Å²) in [5, 5.41) is 0. The van der Waals surface area contributed by atoms with Gasteiger partial charge in [-0.3, -0.25) is 0 Å². The van der Waals surface area contributed by atoms with Gasteiger partial charge in [0.25, 0.3) is 0 Å². The van der Waals surface area contributed by atoms with Crippen molar-refractivity contribution in [2.45, 2.75) is 20.0 Å². The third kappa shape index (κ3) is 5.50. The van der Waals surface area contributed by atoms with Gasteiger partial charge in [0.2, 0.25) is 0 Å². The van der Waals surface area contributed by atoms with E-state index in [-0.39, 0.29) is 23.3 Å². The van der Waals surface area contributed by atoms with Crippen LogP contribution in [-0.2, 0) is 6.11 Å². The first-order valence-corrected chi connectivity index (χ1v) is 10.6. The molecule has 0 aliphatic carbocycles. The lowest BCUT2D eigenvalue weighted by molar-refractivity contribution is -0.189. The molecule has 0 saturated heterocycles. The van der Waals surface area contributed by atoms with Gasteiger partial charge in [-0.1, -0.05) is 56.3 Å². The zero-order valence-corrected chi connectivity index (χ0v) is 18.9. The Bertz CT molecular complexity index is 1320. The summed E-state index contributed by atoms with van der Waals surface area (Å²) in [6.45, 7) is 4.00. The predicted octanol–water partition coefficient (Wildman–Crippen LogP) is 9.01. The fourth-order valence-corrected chi connectivity index (χ4v) is 3.36. The zero-order chi connectivity index (χ0) is 26.6. The van der Waals surface area contributed by atoms with Crippen LogP contribution in [0.1, 0.15) is 19.4 Å². The monoisotopic (exact) mass is 510 g/mol. The molecule has 0 heterocycles. The third-order valence-electron chi connectivity index (χ3n) is 4.92. The second-order valence-electron chi connectivity index (χ2n) is 7.20. The Balaban J connectivity index is 0.00000176. The summed E-state index contributed by atoms with van der Waals surface area (Å²) in [5.74, 6) is -11.3. The lowest BCUT2D eigenvalue weighted by atomic mass is 9.98. The quantitative estimate of drug-likeness (QED) is 0.192. The third-order valence-corrected chi connectivity index (χ3v) is 4.92. The van der Waals surface area contributed by atoms with E-state index in [1.54, 1.807) is 30.3 Å². The van der Waals surface area contributed by atoms with Crippen LogP contribution in [0.5, 0.6) is 5.75 Å². The standard InChI is InChI=1S/C25H12F8O.C2H6/c26-18-8-14(13-4-2-1-3-5-13)6-7-17(18)15-9-19(27)23(20(28)10-15)25(32,33)34-16-11-21(29)24(31)22(30)12-16;1-2/h1-12H;1-2H3. The van der Waals surface area contributed by atoms with Crippen LogP contribution in [0.15, 0.2) is 72.8 Å². The van der Waals surface area contributed by atoms with E-state index < -0.39 is 52.3 Å². The highest BCUT2D eigenvalue weighted by atomic mass is 19.3. The maximum atomic E-state index is 14.7. The average molecular weight is 510 g/mol. The second-order valence-corrected chi connectivity index (χ2v) is 7.20. The minimum Gasteiger partial charge on any atom is -0.429 e. The molecule has 0 saturated carbocycles. The molecule has 0 fully saturated rings. The van der Waals surface area contributed by atoms with Crippen molar-refractivity contribution in [1.82, 2.24) is 0 Å². The van der Waals surface area contributed by atoms with Crippen molar-refractivity contribution in [3.05, 3.63) is 113 Å². The molecule has 9 heteroatoms. The van der Waals surface area contributed by atoms with Crippen LogP contribution >= 0.6 is 0 Å². The van der Waals surface area contributed by atoms with Gasteiger partial charge in [-0.05, 0) is 34.9 Å². The molecule has 0 unspecified atom stereocenters. The summed E-state index contributed by atoms with van der Waals surface area (Å²) in [6.07, 6.45) is -4.74. The van der Waals surface area contributed by atoms with E-state index in [1.165, 1.54) is 12.1 Å². The van der Waals surface area contributed by atoms with Gasteiger partial charge in [-0.2, -0.15) is 8.78 Å². The largest absolute Gasteiger partial charge is 0.432 e. The first kappa shape index (κ1) is 26.7. The Morgan fingerprint density at radius 3 is 1.61 bits per heavy atom. The average Bonchev–Trinajstić information content (AvgIpc) is 2.83. The van der Waals surface area contributed by atoms with Crippen molar-refractivity contribution < 1.29 is 39.9 Å². The number of benzene rings is 4. The van der Waals surface area contributed by atoms with Crippen LogP contribution in [0.4, 0.5) is 35.1 Å². The summed E-state index contributed by atoms with van der Waals surface area (Å²) in [6, 6.07) is 13.7. The number of ether oxygens (including phenoxy) is 1. The Kier molecular flexibility index (Phi) is 8.02. The molecule has 0 aliphatic heterocycles. The number of hydrogen-bond acceptors (Lipinski definition) is 1. The molecular formula is C27H18F8O. The van der Waals surface area contributed by atoms with E-state index in [9.17, 15) is 35.1 Å². The molecule has 0 aliphatic rings. The molecule has 0 bridgehead atoms. The zero-order valence-electron chi connectivity index (χ0n) is 18.9. The van der Waals surface area contributed by atoms with Crippen LogP contribution in [0.2, 0.25) is 0 Å². The molecule has 0 amide bonds. The lowest BCUT2D eigenvalue weighted by Crippen LogP contribution is -2.25. The van der Waals surface area contributed by atoms with Crippen LogP contribution in [0.25, 0.3) is 22.3 Å². The topological polar surface area (TPSA) is 9.23 Å². The Morgan fingerprint density at radius 2 is 1.08 bits per heavy atom. The molecule has 36 heavy (non-hydrogen) atoms. The minimum atomic E-state index is -4.74. The normalized spacial score (nSPS) is 11.1. The van der Waals surface area contributed by atoms with Crippen LogP contribution in [0, 0.1) is 34.9 Å². The molecule has 4 aromatic carbocycles. The van der Waals surface area contributed by atoms with Gasteiger partial charge >= 0.3 is 6.11 Å². The van der Waals surface area contributed by atoms with E-state index in [1.807, 2.05) is 13.8 Å². The smallest absolute Gasteiger partial charge is 0.429 e. The van der Waals surface area contributed by atoms with Crippen molar-refractivity contribution in [2.24, 2.45) is 0 Å². The maximum Gasteiger partial charge on any atom is 0.432 e. The SMILES string of the molecule is CC.Fc1cc(-c2ccccc2)ccc1-c1cc(F)c(C(F)(F)Oc2cc(F)c(F)c(F)c2)c(F)c1. The van der Waals surface area contributed by atoms with Gasteiger partial charge in [-0.15, -0.1) is 0 Å². The van der Waals surface area contributed by atoms with E-state index in [2.05, 4.69) is 4.74 Å². The number of alkyl halides is 2. The highest BCUT2D eigenvalue weighted by molar-refractivity contribution is 5.71. The molecule has 1 nitrogen and oxygen atoms in total. The second kappa shape index (κ2) is 10.8. The van der Waals surface area contributed by atoms with Crippen LogP contribution in [-0.4, -0.2) is 0 Å². The molecule has 0 radical (unpaired) electrons. The predicted molar refractivity (Wildman–Crippen MR) is 119 cm³/mol. The summed E-state index contributed by atoms with van der Waals surface area (Å²) in [7, 11) is 0. The van der Waals surface area contributed by atoms with Gasteiger partial charge in [0.05, 0.1) is 0 Å². The number of rotatable bonds is 5. The van der Waals surface area contributed by atoms with Crippen molar-refractivity contribution in [2.75, 3.05) is 0 Å². The van der Waals surface area contributed by atoms with E-state index >= 15 is 0 Å². The first-order chi connectivity index (χ1) is 17.1. The van der Waals surface area contributed by atoms with Crippen molar-refractivity contribution in [3.8, 4) is 28.0 Å². The summed E-state index contributed by atoms with van der Waals surface area (Å²) < 4.78 is 116. The van der Waals surface area contributed by atoms with Gasteiger partial charge in [0.15, 0.2) is 17.5 Å². The van der Waals surface area contributed by atoms with Crippen molar-refractivity contribution in [1.29, 1.82) is 0 Å². The molecule has 0 N–H and O–H groups in total. The lowest BCUT2D eigenvalue weighted by Gasteiger charge is -2.20. The Hall–Kier alpha value is -3.88. The Labute approximate surface area is 201 Å².